The lowest BCUT2D eigenvalue weighted by Gasteiger charge is -2.09. The van der Waals surface area contributed by atoms with Crippen LogP contribution in [-0.2, 0) is 0 Å². The van der Waals surface area contributed by atoms with Crippen molar-refractivity contribution in [3.63, 3.8) is 0 Å². The van der Waals surface area contributed by atoms with Gasteiger partial charge in [0, 0.05) is 23.0 Å². The van der Waals surface area contributed by atoms with Crippen molar-refractivity contribution in [1.82, 2.24) is 4.98 Å². The van der Waals surface area contributed by atoms with E-state index in [1.165, 1.54) is 0 Å². The van der Waals surface area contributed by atoms with Crippen molar-refractivity contribution in [2.24, 2.45) is 5.73 Å². The molecule has 3 N–H and O–H groups in total. The Morgan fingerprint density at radius 3 is 2.70 bits per heavy atom. The van der Waals surface area contributed by atoms with Gasteiger partial charge in [0.25, 0.3) is 5.91 Å². The fourth-order valence-electron chi connectivity index (χ4n) is 1.66. The Bertz CT molecular complexity index is 688. The molecule has 0 aliphatic carbocycles. The first-order valence-electron chi connectivity index (χ1n) is 5.81. The summed E-state index contributed by atoms with van der Waals surface area (Å²) in [6, 6.07) is 8.32. The first-order valence-corrected chi connectivity index (χ1v) is 6.59. The van der Waals surface area contributed by atoms with E-state index in [0.717, 1.165) is 5.69 Å². The number of nitrogens with zero attached hydrogens (tertiary/aromatic N) is 1. The minimum absolute atomic E-state index is 0.247. The number of carbonyl (C=O) groups is 1. The van der Waals surface area contributed by atoms with Crippen LogP contribution in [0.3, 0.4) is 0 Å². The largest absolute Gasteiger partial charge is 0.389 e. The number of benzene rings is 1. The standard InChI is InChI=1S/C14H12ClN3OS/c1-8-6-10(4-5-17-8)14(19)18-12-7-9(13(16)20)2-3-11(12)15/h2-7H,1H3,(H2,16,20)(H,18,19). The molecule has 20 heavy (non-hydrogen) atoms. The Morgan fingerprint density at radius 1 is 1.30 bits per heavy atom. The summed E-state index contributed by atoms with van der Waals surface area (Å²) in [4.78, 5) is 16.4. The quantitative estimate of drug-likeness (QED) is 0.856. The van der Waals surface area contributed by atoms with Gasteiger partial charge < -0.3 is 11.1 Å². The summed E-state index contributed by atoms with van der Waals surface area (Å²) < 4.78 is 0. The van der Waals surface area contributed by atoms with Crippen molar-refractivity contribution in [3.05, 3.63) is 58.4 Å². The highest BCUT2D eigenvalue weighted by molar-refractivity contribution is 7.80. The second kappa shape index (κ2) is 5.98. The van der Waals surface area contributed by atoms with Crippen LogP contribution in [0.1, 0.15) is 21.6 Å². The topological polar surface area (TPSA) is 68.0 Å². The highest BCUT2D eigenvalue weighted by Gasteiger charge is 2.10. The number of carbonyl (C=O) groups excluding carboxylic acids is 1. The monoisotopic (exact) mass is 305 g/mol. The van der Waals surface area contributed by atoms with Gasteiger partial charge in [-0.15, -0.1) is 0 Å². The number of hydrogen-bond donors (Lipinski definition) is 2. The maximum absolute atomic E-state index is 12.1. The maximum atomic E-state index is 12.1. The number of thiocarbonyl (C=S) groups is 1. The SMILES string of the molecule is Cc1cc(C(=O)Nc2cc(C(N)=S)ccc2Cl)ccn1. The van der Waals surface area contributed by atoms with Crippen LogP contribution in [0.15, 0.2) is 36.5 Å². The van der Waals surface area contributed by atoms with Gasteiger partial charge in [-0.05, 0) is 31.2 Å². The van der Waals surface area contributed by atoms with E-state index in [2.05, 4.69) is 10.3 Å². The van der Waals surface area contributed by atoms with Crippen molar-refractivity contribution in [2.75, 3.05) is 5.32 Å². The Morgan fingerprint density at radius 2 is 2.05 bits per heavy atom. The Labute approximate surface area is 127 Å². The first kappa shape index (κ1) is 14.4. The normalized spacial score (nSPS) is 10.1. The highest BCUT2D eigenvalue weighted by Crippen LogP contribution is 2.23. The first-order chi connectivity index (χ1) is 9.47. The molecule has 0 radical (unpaired) electrons. The molecule has 0 saturated heterocycles. The van der Waals surface area contributed by atoms with Gasteiger partial charge in [-0.1, -0.05) is 29.9 Å². The van der Waals surface area contributed by atoms with E-state index < -0.39 is 0 Å². The number of aryl methyl sites for hydroxylation is 1. The van der Waals surface area contributed by atoms with Crippen molar-refractivity contribution in [1.29, 1.82) is 0 Å². The number of pyridine rings is 1. The molecule has 1 amide bonds. The average molecular weight is 306 g/mol. The van der Waals surface area contributed by atoms with E-state index in [0.29, 0.717) is 21.8 Å². The van der Waals surface area contributed by atoms with Gasteiger partial charge >= 0.3 is 0 Å². The van der Waals surface area contributed by atoms with Gasteiger partial charge in [0.2, 0.25) is 0 Å². The van der Waals surface area contributed by atoms with Crippen molar-refractivity contribution in [3.8, 4) is 0 Å². The Balaban J connectivity index is 2.27. The summed E-state index contributed by atoms with van der Waals surface area (Å²) in [5.74, 6) is -0.266. The van der Waals surface area contributed by atoms with Crippen LogP contribution in [-0.4, -0.2) is 15.9 Å². The lowest BCUT2D eigenvalue weighted by Crippen LogP contribution is -2.14. The van der Waals surface area contributed by atoms with Gasteiger partial charge in [0.15, 0.2) is 0 Å². The van der Waals surface area contributed by atoms with Gasteiger partial charge in [-0.25, -0.2) is 0 Å². The van der Waals surface area contributed by atoms with Crippen LogP contribution in [0.2, 0.25) is 5.02 Å². The number of nitrogens with two attached hydrogens (primary N) is 1. The van der Waals surface area contributed by atoms with Crippen LogP contribution in [0.4, 0.5) is 5.69 Å². The van der Waals surface area contributed by atoms with E-state index in [1.54, 1.807) is 36.5 Å². The molecule has 0 spiro atoms. The number of halogens is 1. The molecule has 0 fully saturated rings. The maximum Gasteiger partial charge on any atom is 0.255 e. The minimum atomic E-state index is -0.266. The molecule has 102 valence electrons. The smallest absolute Gasteiger partial charge is 0.255 e. The summed E-state index contributed by atoms with van der Waals surface area (Å²) in [5, 5.41) is 3.16. The molecule has 0 atom stereocenters. The summed E-state index contributed by atoms with van der Waals surface area (Å²) in [7, 11) is 0. The second-order valence-corrected chi connectivity index (χ2v) is 5.05. The lowest BCUT2D eigenvalue weighted by molar-refractivity contribution is 0.102. The van der Waals surface area contributed by atoms with E-state index in [9.17, 15) is 4.79 Å². The van der Waals surface area contributed by atoms with Crippen LogP contribution >= 0.6 is 23.8 Å². The third kappa shape index (κ3) is 3.31. The summed E-state index contributed by atoms with van der Waals surface area (Å²) >= 11 is 11.0. The molecule has 4 nitrogen and oxygen atoms in total. The third-order valence-corrected chi connectivity index (χ3v) is 3.22. The molecule has 0 aliphatic heterocycles. The predicted octanol–water partition coefficient (Wildman–Crippen LogP) is 2.93. The molecule has 6 heteroatoms. The molecule has 0 saturated carbocycles. The Kier molecular flexibility index (Phi) is 4.32. The van der Waals surface area contributed by atoms with Crippen molar-refractivity contribution < 1.29 is 4.79 Å². The van der Waals surface area contributed by atoms with Crippen LogP contribution in [0.5, 0.6) is 0 Å². The van der Waals surface area contributed by atoms with E-state index >= 15 is 0 Å². The highest BCUT2D eigenvalue weighted by atomic mass is 35.5. The van der Waals surface area contributed by atoms with Crippen LogP contribution in [0, 0.1) is 6.92 Å². The number of aromatic nitrogens is 1. The molecule has 2 rings (SSSR count). The van der Waals surface area contributed by atoms with Gasteiger partial charge in [0.05, 0.1) is 10.7 Å². The molecule has 1 aromatic heterocycles. The summed E-state index contributed by atoms with van der Waals surface area (Å²) in [5.41, 5.74) is 7.95. The second-order valence-electron chi connectivity index (χ2n) is 4.20. The molecule has 2 aromatic rings. The van der Waals surface area contributed by atoms with E-state index in [4.69, 9.17) is 29.6 Å². The average Bonchev–Trinajstić information content (AvgIpc) is 2.41. The number of anilines is 1. The molecular weight excluding hydrogens is 294 g/mol. The van der Waals surface area contributed by atoms with E-state index in [-0.39, 0.29) is 10.9 Å². The lowest BCUT2D eigenvalue weighted by atomic mass is 10.1. The molecular formula is C14H12ClN3OS. The van der Waals surface area contributed by atoms with E-state index in [1.807, 2.05) is 6.92 Å². The summed E-state index contributed by atoms with van der Waals surface area (Å²) in [6.45, 7) is 1.82. The zero-order chi connectivity index (χ0) is 14.7. The van der Waals surface area contributed by atoms with Crippen LogP contribution < -0.4 is 11.1 Å². The number of rotatable bonds is 3. The molecule has 0 unspecified atom stereocenters. The number of amides is 1. The Hall–Kier alpha value is -1.98. The minimum Gasteiger partial charge on any atom is -0.389 e. The van der Waals surface area contributed by atoms with Gasteiger partial charge in [-0.3, -0.25) is 9.78 Å². The van der Waals surface area contributed by atoms with Crippen molar-refractivity contribution in [2.45, 2.75) is 6.92 Å². The van der Waals surface area contributed by atoms with Crippen LogP contribution in [0.25, 0.3) is 0 Å². The molecule has 1 aromatic carbocycles. The zero-order valence-corrected chi connectivity index (χ0v) is 12.3. The molecule has 0 bridgehead atoms. The fourth-order valence-corrected chi connectivity index (χ4v) is 1.95. The fraction of sp³-hybridized carbons (Fsp3) is 0.0714. The van der Waals surface area contributed by atoms with Crippen molar-refractivity contribution >= 4 is 40.4 Å². The molecule has 1 heterocycles. The number of nitrogens with one attached hydrogen (secondary N) is 1. The number of hydrogen-bond acceptors (Lipinski definition) is 3. The predicted molar refractivity (Wildman–Crippen MR) is 84.3 cm³/mol. The van der Waals surface area contributed by atoms with Gasteiger partial charge in [0.1, 0.15) is 4.99 Å². The molecule has 0 aliphatic rings. The zero-order valence-electron chi connectivity index (χ0n) is 10.7. The summed E-state index contributed by atoms with van der Waals surface area (Å²) in [6.07, 6.45) is 1.58. The van der Waals surface area contributed by atoms with Gasteiger partial charge in [-0.2, -0.15) is 0 Å². The third-order valence-electron chi connectivity index (χ3n) is 2.66.